The topological polar surface area (TPSA) is 96.9 Å². The Balaban J connectivity index is 1.39. The smallest absolute Gasteiger partial charge is 0.408 e. The minimum atomic E-state index is -0.877. The van der Waals surface area contributed by atoms with E-state index in [0.29, 0.717) is 34.8 Å². The largest absolute Gasteiger partial charge is 0.417 e. The number of nitrogens with two attached hydrogens (primary N) is 1. The maximum Gasteiger partial charge on any atom is 0.417 e. The number of halogens is 2. The molecular weight excluding hydrogens is 386 g/mol. The van der Waals surface area contributed by atoms with E-state index in [1.54, 1.807) is 18.3 Å². The van der Waals surface area contributed by atoms with Crippen molar-refractivity contribution in [3.63, 3.8) is 0 Å². The highest BCUT2D eigenvalue weighted by molar-refractivity contribution is 7.18. The predicted octanol–water partition coefficient (Wildman–Crippen LogP) is 3.50. The summed E-state index contributed by atoms with van der Waals surface area (Å²) in [5.41, 5.74) is 8.72. The Morgan fingerprint density at radius 3 is 2.89 bits per heavy atom. The highest BCUT2D eigenvalue weighted by atomic mass is 32.1. The third kappa shape index (κ3) is 3.95. The monoisotopic (exact) mass is 402 g/mol. The van der Waals surface area contributed by atoms with Gasteiger partial charge in [0.1, 0.15) is 0 Å². The van der Waals surface area contributed by atoms with E-state index in [9.17, 15) is 13.6 Å². The highest BCUT2D eigenvalue weighted by Crippen LogP contribution is 2.30. The Labute approximate surface area is 162 Å². The molecule has 0 fully saturated rings. The summed E-state index contributed by atoms with van der Waals surface area (Å²) in [5, 5.41) is 3.84. The normalized spacial score (nSPS) is 12.4. The molecule has 0 amide bonds. The van der Waals surface area contributed by atoms with E-state index in [1.165, 1.54) is 17.4 Å². The number of thiazole rings is 1. The van der Waals surface area contributed by atoms with Crippen molar-refractivity contribution in [2.75, 3.05) is 11.9 Å². The molecule has 0 saturated heterocycles. The number of nitrogens with zero attached hydrogens (tertiary/aromatic N) is 1. The van der Waals surface area contributed by atoms with Crippen molar-refractivity contribution in [2.24, 2.45) is 5.73 Å². The van der Waals surface area contributed by atoms with Gasteiger partial charge in [-0.3, -0.25) is 4.98 Å². The number of H-pyrrole nitrogens is 1. The molecule has 4 N–H and O–H groups in total. The number of benzene rings is 2. The van der Waals surface area contributed by atoms with Gasteiger partial charge in [-0.15, -0.1) is 0 Å². The third-order valence-corrected chi connectivity index (χ3v) is 5.21. The number of hydrogen-bond acceptors (Lipinski definition) is 6. The number of anilines is 1. The quantitative estimate of drug-likeness (QED) is 0.459. The molecule has 144 valence electrons. The predicted molar refractivity (Wildman–Crippen MR) is 104 cm³/mol. The van der Waals surface area contributed by atoms with E-state index in [-0.39, 0.29) is 6.04 Å². The van der Waals surface area contributed by atoms with Crippen LogP contribution < -0.4 is 16.8 Å². The van der Waals surface area contributed by atoms with Crippen LogP contribution in [0.4, 0.5) is 13.9 Å². The van der Waals surface area contributed by atoms with Gasteiger partial charge in [-0.05, 0) is 41.8 Å². The Hall–Kier alpha value is -3.04. The number of hydrogen-bond donors (Lipinski definition) is 3. The van der Waals surface area contributed by atoms with Gasteiger partial charge < -0.3 is 15.5 Å². The van der Waals surface area contributed by atoms with Gasteiger partial charge in [-0.2, -0.15) is 0 Å². The number of fused-ring (bicyclic) bond motifs is 1. The fraction of sp³-hybridized carbons (Fsp3) is 0.158. The van der Waals surface area contributed by atoms with Gasteiger partial charge >= 0.3 is 5.76 Å². The van der Waals surface area contributed by atoms with Crippen molar-refractivity contribution in [1.82, 2.24) is 9.97 Å². The number of nitrogens with one attached hydrogen (secondary N) is 2. The fourth-order valence-corrected chi connectivity index (χ4v) is 3.67. The number of oxazole rings is 1. The molecule has 2 aromatic heterocycles. The maximum absolute atomic E-state index is 13.3. The minimum Gasteiger partial charge on any atom is -0.408 e. The molecule has 0 spiro atoms. The van der Waals surface area contributed by atoms with Crippen molar-refractivity contribution in [2.45, 2.75) is 12.5 Å². The number of aromatic nitrogens is 2. The van der Waals surface area contributed by atoms with E-state index in [2.05, 4.69) is 15.3 Å². The summed E-state index contributed by atoms with van der Waals surface area (Å²) >= 11 is 1.44. The van der Waals surface area contributed by atoms with Crippen molar-refractivity contribution < 1.29 is 13.2 Å². The molecule has 0 aliphatic rings. The Morgan fingerprint density at radius 2 is 2.07 bits per heavy atom. The Morgan fingerprint density at radius 1 is 1.21 bits per heavy atom. The van der Waals surface area contributed by atoms with Gasteiger partial charge in [0.2, 0.25) is 0 Å². The van der Waals surface area contributed by atoms with Crippen LogP contribution >= 0.6 is 11.3 Å². The molecule has 0 saturated carbocycles. The first-order chi connectivity index (χ1) is 13.5. The van der Waals surface area contributed by atoms with Crippen molar-refractivity contribution in [3.05, 3.63) is 70.3 Å². The lowest BCUT2D eigenvalue weighted by Gasteiger charge is -2.12. The van der Waals surface area contributed by atoms with Gasteiger partial charge in [0.05, 0.1) is 10.4 Å². The van der Waals surface area contributed by atoms with Crippen LogP contribution in [0.5, 0.6) is 0 Å². The molecule has 2 aromatic carbocycles. The van der Waals surface area contributed by atoms with Crippen LogP contribution in [0.2, 0.25) is 0 Å². The summed E-state index contributed by atoms with van der Waals surface area (Å²) in [4.78, 5) is 19.1. The molecule has 4 aromatic rings. The summed E-state index contributed by atoms with van der Waals surface area (Å²) in [7, 11) is 0. The molecule has 0 aliphatic carbocycles. The second kappa shape index (κ2) is 7.53. The minimum absolute atomic E-state index is 0.289. The molecule has 0 bridgehead atoms. The molecule has 28 heavy (non-hydrogen) atoms. The number of aromatic amines is 1. The van der Waals surface area contributed by atoms with E-state index in [0.717, 1.165) is 22.6 Å². The second-order valence-electron chi connectivity index (χ2n) is 6.35. The third-order valence-electron chi connectivity index (χ3n) is 4.21. The summed E-state index contributed by atoms with van der Waals surface area (Å²) in [6, 6.07) is 8.92. The lowest BCUT2D eigenvalue weighted by molar-refractivity contribution is 0.506. The molecule has 1 atom stereocenters. The molecule has 0 unspecified atom stereocenters. The zero-order chi connectivity index (χ0) is 19.7. The average molecular weight is 402 g/mol. The zero-order valence-corrected chi connectivity index (χ0v) is 15.4. The van der Waals surface area contributed by atoms with Gasteiger partial charge in [0, 0.05) is 18.8 Å². The molecule has 4 rings (SSSR count). The summed E-state index contributed by atoms with van der Waals surface area (Å²) in [5.74, 6) is -2.24. The Bertz CT molecular complexity index is 1180. The average Bonchev–Trinajstić information content (AvgIpc) is 3.28. The van der Waals surface area contributed by atoms with Crippen molar-refractivity contribution in [3.8, 4) is 10.4 Å². The summed E-state index contributed by atoms with van der Waals surface area (Å²) in [6.07, 6.45) is 2.13. The fourth-order valence-electron chi connectivity index (χ4n) is 2.85. The molecule has 2 heterocycles. The molecule has 9 heteroatoms. The zero-order valence-electron chi connectivity index (χ0n) is 14.5. The first-order valence-corrected chi connectivity index (χ1v) is 9.32. The van der Waals surface area contributed by atoms with Gasteiger partial charge in [0.25, 0.3) is 0 Å². The molecule has 0 aliphatic heterocycles. The van der Waals surface area contributed by atoms with E-state index in [4.69, 9.17) is 10.2 Å². The standard InChI is InChI=1S/C19H16F2N4O2S/c20-13-3-1-10(6-14(13)21)5-12(22)8-23-18-24-9-17(28-18)11-2-4-15-16(7-11)27-19(26)25-15/h1-4,6-7,9,12H,5,8,22H2,(H,23,24)(H,25,26)/t12-/m0/s1. The van der Waals surface area contributed by atoms with E-state index in [1.807, 2.05) is 6.07 Å². The lowest BCUT2D eigenvalue weighted by Crippen LogP contribution is -2.31. The second-order valence-corrected chi connectivity index (χ2v) is 7.38. The SMILES string of the molecule is N[C@H](CNc1ncc(-c2ccc3[nH]c(=O)oc3c2)s1)Cc1ccc(F)c(F)c1. The van der Waals surface area contributed by atoms with Crippen molar-refractivity contribution in [1.29, 1.82) is 0 Å². The molecule has 6 nitrogen and oxygen atoms in total. The van der Waals surface area contributed by atoms with Gasteiger partial charge in [-0.1, -0.05) is 23.5 Å². The first kappa shape index (κ1) is 18.3. The van der Waals surface area contributed by atoms with Crippen LogP contribution in [0.1, 0.15) is 5.56 Å². The Kier molecular flexibility index (Phi) is 4.93. The molecular formula is C19H16F2N4O2S. The lowest BCUT2D eigenvalue weighted by atomic mass is 10.1. The van der Waals surface area contributed by atoms with E-state index < -0.39 is 17.4 Å². The summed E-state index contributed by atoms with van der Waals surface area (Å²) in [6.45, 7) is 0.428. The van der Waals surface area contributed by atoms with Crippen LogP contribution in [0.25, 0.3) is 21.5 Å². The van der Waals surface area contributed by atoms with Crippen LogP contribution in [-0.4, -0.2) is 22.6 Å². The van der Waals surface area contributed by atoms with Gasteiger partial charge in [0.15, 0.2) is 22.3 Å². The van der Waals surface area contributed by atoms with E-state index >= 15 is 0 Å². The van der Waals surface area contributed by atoms with Crippen LogP contribution in [-0.2, 0) is 6.42 Å². The van der Waals surface area contributed by atoms with Crippen LogP contribution in [0.15, 0.2) is 51.8 Å². The first-order valence-electron chi connectivity index (χ1n) is 8.50. The van der Waals surface area contributed by atoms with Crippen LogP contribution in [0, 0.1) is 11.6 Å². The van der Waals surface area contributed by atoms with Crippen LogP contribution in [0.3, 0.4) is 0 Å². The maximum atomic E-state index is 13.3. The van der Waals surface area contributed by atoms with Gasteiger partial charge in [-0.25, -0.2) is 18.6 Å². The highest BCUT2D eigenvalue weighted by Gasteiger charge is 2.11. The van der Waals surface area contributed by atoms with Crippen molar-refractivity contribution >= 4 is 27.6 Å². The number of rotatable bonds is 6. The molecule has 0 radical (unpaired) electrons. The summed E-state index contributed by atoms with van der Waals surface area (Å²) < 4.78 is 31.3.